The van der Waals surface area contributed by atoms with E-state index >= 15 is 0 Å². The van der Waals surface area contributed by atoms with E-state index in [2.05, 4.69) is 14.1 Å². The predicted molar refractivity (Wildman–Crippen MR) is 57.8 cm³/mol. The lowest BCUT2D eigenvalue weighted by atomic mass is 10.2. The number of aliphatic hydroxyl groups is 1. The molecule has 1 atom stereocenters. The first-order chi connectivity index (χ1) is 6.48. The molecular weight excluding hydrogens is 180 g/mol. The van der Waals surface area contributed by atoms with E-state index in [1.807, 2.05) is 6.92 Å². The van der Waals surface area contributed by atoms with Crippen LogP contribution in [0.1, 0.15) is 19.8 Å². The Morgan fingerprint density at radius 3 is 2.50 bits per heavy atom. The van der Waals surface area contributed by atoms with Crippen LogP contribution in [-0.4, -0.2) is 56.2 Å². The SMILES string of the molecule is CC(N)CCC[N+](C)(C)CCOCO. The zero-order chi connectivity index (χ0) is 11.0. The summed E-state index contributed by atoms with van der Waals surface area (Å²) in [6, 6.07) is 0.295. The van der Waals surface area contributed by atoms with Crippen molar-refractivity contribution in [3.8, 4) is 0 Å². The predicted octanol–water partition coefficient (Wildman–Crippen LogP) is 0.157. The van der Waals surface area contributed by atoms with Crippen LogP contribution in [0.3, 0.4) is 0 Å². The quantitative estimate of drug-likeness (QED) is 0.337. The average molecular weight is 205 g/mol. The van der Waals surface area contributed by atoms with Crippen LogP contribution in [0.25, 0.3) is 0 Å². The molecule has 4 heteroatoms. The number of nitrogens with two attached hydrogens (primary N) is 1. The van der Waals surface area contributed by atoms with Crippen molar-refractivity contribution in [1.29, 1.82) is 0 Å². The van der Waals surface area contributed by atoms with Crippen LogP contribution in [0.5, 0.6) is 0 Å². The van der Waals surface area contributed by atoms with Crippen LogP contribution in [0.15, 0.2) is 0 Å². The Labute approximate surface area is 87.2 Å². The molecule has 3 N–H and O–H groups in total. The molecule has 0 heterocycles. The highest BCUT2D eigenvalue weighted by molar-refractivity contribution is 4.52. The largest absolute Gasteiger partial charge is 0.371 e. The molecule has 1 unspecified atom stereocenters. The lowest BCUT2D eigenvalue weighted by Crippen LogP contribution is -2.43. The van der Waals surface area contributed by atoms with Crippen molar-refractivity contribution in [2.75, 3.05) is 40.6 Å². The molecule has 0 aromatic carbocycles. The van der Waals surface area contributed by atoms with Gasteiger partial charge in [-0.3, -0.25) is 0 Å². The van der Waals surface area contributed by atoms with Crippen LogP contribution in [-0.2, 0) is 4.74 Å². The summed E-state index contributed by atoms with van der Waals surface area (Å²) in [5.41, 5.74) is 5.68. The molecule has 0 aliphatic heterocycles. The van der Waals surface area contributed by atoms with Gasteiger partial charge in [0.05, 0.1) is 27.2 Å². The van der Waals surface area contributed by atoms with Gasteiger partial charge < -0.3 is 20.1 Å². The zero-order valence-electron chi connectivity index (χ0n) is 9.70. The van der Waals surface area contributed by atoms with Crippen LogP contribution in [0.2, 0.25) is 0 Å². The minimum absolute atomic E-state index is 0.181. The number of ether oxygens (including phenoxy) is 1. The molecule has 14 heavy (non-hydrogen) atoms. The maximum Gasteiger partial charge on any atom is 0.143 e. The molecule has 0 radical (unpaired) electrons. The Hall–Kier alpha value is -0.160. The standard InChI is InChI=1S/C10H25N2O2/c1-10(11)5-4-6-12(2,3)7-8-14-9-13/h10,13H,4-9,11H2,1-3H3/q+1. The maximum atomic E-state index is 8.47. The van der Waals surface area contributed by atoms with Gasteiger partial charge in [-0.1, -0.05) is 0 Å². The third-order valence-corrected chi connectivity index (χ3v) is 2.36. The van der Waals surface area contributed by atoms with Crippen LogP contribution < -0.4 is 5.73 Å². The van der Waals surface area contributed by atoms with E-state index < -0.39 is 0 Å². The first kappa shape index (κ1) is 13.8. The normalized spacial score (nSPS) is 14.4. The Kier molecular flexibility index (Phi) is 7.09. The molecule has 4 nitrogen and oxygen atoms in total. The third kappa shape index (κ3) is 8.44. The monoisotopic (exact) mass is 205 g/mol. The summed E-state index contributed by atoms with van der Waals surface area (Å²) < 4.78 is 5.84. The van der Waals surface area contributed by atoms with Gasteiger partial charge in [-0.2, -0.15) is 0 Å². The second-order valence-corrected chi connectivity index (χ2v) is 4.54. The van der Waals surface area contributed by atoms with Crippen molar-refractivity contribution in [2.45, 2.75) is 25.8 Å². The summed E-state index contributed by atoms with van der Waals surface area (Å²) in [6.45, 7) is 4.51. The summed E-state index contributed by atoms with van der Waals surface area (Å²) in [5, 5.41) is 8.47. The molecule has 0 aromatic heterocycles. The van der Waals surface area contributed by atoms with E-state index in [1.165, 1.54) is 0 Å². The fraction of sp³-hybridized carbons (Fsp3) is 1.00. The van der Waals surface area contributed by atoms with Gasteiger partial charge in [0.1, 0.15) is 13.3 Å². The second kappa shape index (κ2) is 7.17. The average Bonchev–Trinajstić information content (AvgIpc) is 2.03. The topological polar surface area (TPSA) is 55.5 Å². The first-order valence-corrected chi connectivity index (χ1v) is 5.24. The molecule has 0 saturated heterocycles. The van der Waals surface area contributed by atoms with Crippen LogP contribution in [0, 0.1) is 0 Å². The highest BCUT2D eigenvalue weighted by Crippen LogP contribution is 2.02. The molecule has 0 amide bonds. The van der Waals surface area contributed by atoms with Gasteiger partial charge >= 0.3 is 0 Å². The molecule has 0 saturated carbocycles. The molecule has 86 valence electrons. The Morgan fingerprint density at radius 2 is 2.00 bits per heavy atom. The van der Waals surface area contributed by atoms with Gasteiger partial charge in [0.25, 0.3) is 0 Å². The molecule has 0 fully saturated rings. The maximum absolute atomic E-state index is 8.47. The minimum atomic E-state index is -0.181. The smallest absolute Gasteiger partial charge is 0.143 e. The number of hydrogen-bond acceptors (Lipinski definition) is 3. The summed E-state index contributed by atoms with van der Waals surface area (Å²) in [7, 11) is 4.34. The Morgan fingerprint density at radius 1 is 1.36 bits per heavy atom. The lowest BCUT2D eigenvalue weighted by Gasteiger charge is -2.29. The molecule has 0 spiro atoms. The number of nitrogens with zero attached hydrogens (tertiary/aromatic N) is 1. The highest BCUT2D eigenvalue weighted by Gasteiger charge is 2.14. The molecule has 0 aliphatic rings. The van der Waals surface area contributed by atoms with Gasteiger partial charge in [0, 0.05) is 6.04 Å². The minimum Gasteiger partial charge on any atom is -0.371 e. The van der Waals surface area contributed by atoms with Crippen LogP contribution in [0.4, 0.5) is 0 Å². The van der Waals surface area contributed by atoms with Gasteiger partial charge in [-0.05, 0) is 19.8 Å². The Bertz CT molecular complexity index is 138. The van der Waals surface area contributed by atoms with E-state index in [0.29, 0.717) is 12.6 Å². The fourth-order valence-electron chi connectivity index (χ4n) is 1.33. The van der Waals surface area contributed by atoms with Crippen molar-refractivity contribution in [3.63, 3.8) is 0 Å². The van der Waals surface area contributed by atoms with Crippen molar-refractivity contribution < 1.29 is 14.3 Å². The van der Waals surface area contributed by atoms with Gasteiger partial charge in [0.2, 0.25) is 0 Å². The summed E-state index contributed by atoms with van der Waals surface area (Å²) >= 11 is 0. The second-order valence-electron chi connectivity index (χ2n) is 4.54. The van der Waals surface area contributed by atoms with Crippen LogP contribution >= 0.6 is 0 Å². The van der Waals surface area contributed by atoms with E-state index in [-0.39, 0.29) is 6.79 Å². The molecule has 0 bridgehead atoms. The van der Waals surface area contributed by atoms with Crippen molar-refractivity contribution >= 4 is 0 Å². The molecule has 0 aliphatic carbocycles. The zero-order valence-corrected chi connectivity index (χ0v) is 9.70. The summed E-state index contributed by atoms with van der Waals surface area (Å²) in [5.74, 6) is 0. The van der Waals surface area contributed by atoms with Gasteiger partial charge in [-0.25, -0.2) is 0 Å². The molecule has 0 rings (SSSR count). The van der Waals surface area contributed by atoms with Crippen molar-refractivity contribution in [2.24, 2.45) is 5.73 Å². The first-order valence-electron chi connectivity index (χ1n) is 5.24. The fourth-order valence-corrected chi connectivity index (χ4v) is 1.33. The highest BCUT2D eigenvalue weighted by atomic mass is 16.6. The van der Waals surface area contributed by atoms with E-state index in [4.69, 9.17) is 15.6 Å². The number of rotatable bonds is 8. The molecule has 0 aromatic rings. The Balaban J connectivity index is 3.50. The van der Waals surface area contributed by atoms with Crippen molar-refractivity contribution in [3.05, 3.63) is 0 Å². The number of quaternary nitrogens is 1. The van der Waals surface area contributed by atoms with Gasteiger partial charge in [-0.15, -0.1) is 0 Å². The van der Waals surface area contributed by atoms with E-state index in [9.17, 15) is 0 Å². The van der Waals surface area contributed by atoms with E-state index in [1.54, 1.807) is 0 Å². The number of hydrogen-bond donors (Lipinski definition) is 2. The number of likely N-dealkylation sites (N-methyl/N-ethyl adjacent to an activating group) is 1. The van der Waals surface area contributed by atoms with Gasteiger partial charge in [0.15, 0.2) is 0 Å². The summed E-state index contributed by atoms with van der Waals surface area (Å²) in [6.07, 6.45) is 2.21. The van der Waals surface area contributed by atoms with E-state index in [0.717, 1.165) is 30.4 Å². The third-order valence-electron chi connectivity index (χ3n) is 2.36. The lowest BCUT2D eigenvalue weighted by molar-refractivity contribution is -0.891. The number of aliphatic hydroxyl groups excluding tert-OH is 1. The summed E-state index contributed by atoms with van der Waals surface area (Å²) in [4.78, 5) is 0. The van der Waals surface area contributed by atoms with Crippen molar-refractivity contribution in [1.82, 2.24) is 0 Å². The molecular formula is C10H25N2O2+.